The van der Waals surface area contributed by atoms with Gasteiger partial charge >= 0.3 is 17.8 Å². The molecule has 0 aliphatic carbocycles. The lowest BCUT2D eigenvalue weighted by Gasteiger charge is -2.36. The van der Waals surface area contributed by atoms with Crippen LogP contribution in [0, 0.1) is 5.92 Å². The van der Waals surface area contributed by atoms with Crippen molar-refractivity contribution in [3.8, 4) is 0 Å². The molecule has 1 aromatic carbocycles. The third kappa shape index (κ3) is 3.34. The van der Waals surface area contributed by atoms with Crippen molar-refractivity contribution in [1.29, 1.82) is 0 Å². The van der Waals surface area contributed by atoms with Gasteiger partial charge in [0.25, 0.3) is 0 Å². The first-order chi connectivity index (χ1) is 15.5. The summed E-state index contributed by atoms with van der Waals surface area (Å²) in [6.45, 7) is 2.29. The second kappa shape index (κ2) is 8.00. The Morgan fingerprint density at radius 1 is 1.09 bits per heavy atom. The number of hydrogen-bond donors (Lipinski definition) is 1. The first-order valence-electron chi connectivity index (χ1n) is 11.2. The molecule has 2 fully saturated rings. The van der Waals surface area contributed by atoms with Gasteiger partial charge in [-0.25, -0.2) is 9.97 Å². The summed E-state index contributed by atoms with van der Waals surface area (Å²) < 4.78 is 0. The van der Waals surface area contributed by atoms with Crippen LogP contribution in [0.4, 0.5) is 0 Å². The average molecular weight is 434 g/mol. The molecule has 0 spiro atoms. The van der Waals surface area contributed by atoms with Crippen molar-refractivity contribution >= 4 is 17.8 Å². The Morgan fingerprint density at radius 2 is 1.88 bits per heavy atom. The van der Waals surface area contributed by atoms with Crippen molar-refractivity contribution in [2.45, 2.75) is 50.6 Å². The fraction of sp³-hybridized carbons (Fsp3) is 0.458. The predicted molar refractivity (Wildman–Crippen MR) is 115 cm³/mol. The molecule has 0 radical (unpaired) electrons. The zero-order chi connectivity index (χ0) is 22.4. The van der Waals surface area contributed by atoms with Crippen LogP contribution in [0.5, 0.6) is 0 Å². The van der Waals surface area contributed by atoms with Gasteiger partial charge in [0.15, 0.2) is 0 Å². The van der Waals surface area contributed by atoms with E-state index in [0.29, 0.717) is 6.42 Å². The predicted octanol–water partition coefficient (Wildman–Crippen LogP) is 1.95. The van der Waals surface area contributed by atoms with Crippen LogP contribution in [0.1, 0.15) is 54.4 Å². The summed E-state index contributed by atoms with van der Waals surface area (Å²) in [6.07, 6.45) is 4.80. The van der Waals surface area contributed by atoms with Gasteiger partial charge in [0.1, 0.15) is 5.82 Å². The van der Waals surface area contributed by atoms with Crippen LogP contribution in [0.25, 0.3) is 0 Å². The number of carboxylic acid groups (broad SMARTS) is 1. The minimum atomic E-state index is -0.947. The Morgan fingerprint density at radius 3 is 2.59 bits per heavy atom. The summed E-state index contributed by atoms with van der Waals surface area (Å²) in [5.74, 6) is -2.36. The topological polar surface area (TPSA) is 104 Å². The summed E-state index contributed by atoms with van der Waals surface area (Å²) in [7, 11) is 0. The fourth-order valence-corrected chi connectivity index (χ4v) is 5.50. The second-order valence-electron chi connectivity index (χ2n) is 8.88. The molecule has 32 heavy (non-hydrogen) atoms. The second-order valence-corrected chi connectivity index (χ2v) is 8.88. The molecule has 2 unspecified atom stereocenters. The Labute approximate surface area is 186 Å². The maximum atomic E-state index is 13.3. The van der Waals surface area contributed by atoms with Gasteiger partial charge in [-0.3, -0.25) is 14.4 Å². The zero-order valence-corrected chi connectivity index (χ0v) is 18.0. The lowest BCUT2D eigenvalue weighted by atomic mass is 9.89. The molecule has 4 heterocycles. The summed E-state index contributed by atoms with van der Waals surface area (Å²) >= 11 is 0. The van der Waals surface area contributed by atoms with Crippen LogP contribution in [0.15, 0.2) is 36.5 Å². The molecule has 2 bridgehead atoms. The Balaban J connectivity index is 1.37. The number of carbonyl (C=O) groups excluding carboxylic acids is 2. The number of likely N-dealkylation sites (tertiary alicyclic amines) is 1. The summed E-state index contributed by atoms with van der Waals surface area (Å²) in [6, 6.07) is 9.11. The summed E-state index contributed by atoms with van der Waals surface area (Å²) in [5, 5.41) is 9.73. The Kier molecular flexibility index (Phi) is 5.15. The minimum Gasteiger partial charge on any atom is -0.481 e. The molecule has 8 heteroatoms. The fourth-order valence-electron chi connectivity index (χ4n) is 5.50. The maximum absolute atomic E-state index is 13.3. The molecular weight excluding hydrogens is 408 g/mol. The molecule has 2 saturated heterocycles. The van der Waals surface area contributed by atoms with E-state index in [2.05, 4.69) is 9.97 Å². The number of hydrogen-bond acceptors (Lipinski definition) is 5. The van der Waals surface area contributed by atoms with Crippen LogP contribution >= 0.6 is 0 Å². The molecule has 0 saturated carbocycles. The van der Waals surface area contributed by atoms with Crippen LogP contribution in [-0.4, -0.2) is 61.8 Å². The number of fused-ring (bicyclic) bond motifs is 4. The first-order valence-corrected chi connectivity index (χ1v) is 11.2. The van der Waals surface area contributed by atoms with Crippen molar-refractivity contribution < 1.29 is 19.5 Å². The molecule has 1 aromatic heterocycles. The van der Waals surface area contributed by atoms with E-state index in [0.717, 1.165) is 41.9 Å². The van der Waals surface area contributed by atoms with Crippen molar-refractivity contribution in [3.63, 3.8) is 0 Å². The smallest absolute Gasteiger partial charge is 0.312 e. The average Bonchev–Trinajstić information content (AvgIpc) is 3.39. The molecular formula is C24H26N4O4. The lowest BCUT2D eigenvalue weighted by molar-refractivity contribution is -0.153. The van der Waals surface area contributed by atoms with E-state index in [1.54, 1.807) is 11.1 Å². The monoisotopic (exact) mass is 434 g/mol. The molecule has 166 valence electrons. The van der Waals surface area contributed by atoms with Gasteiger partial charge in [0.2, 0.25) is 0 Å². The highest BCUT2D eigenvalue weighted by molar-refractivity contribution is 6.35. The van der Waals surface area contributed by atoms with Crippen molar-refractivity contribution in [2.75, 3.05) is 13.1 Å². The van der Waals surface area contributed by atoms with Crippen LogP contribution in [-0.2, 0) is 27.2 Å². The highest BCUT2D eigenvalue weighted by atomic mass is 16.4. The summed E-state index contributed by atoms with van der Waals surface area (Å²) in [4.78, 5) is 50.6. The van der Waals surface area contributed by atoms with E-state index in [-0.39, 0.29) is 31.1 Å². The highest BCUT2D eigenvalue weighted by Gasteiger charge is 2.48. The van der Waals surface area contributed by atoms with Gasteiger partial charge in [-0.05, 0) is 18.4 Å². The molecule has 4 atom stereocenters. The molecule has 8 nitrogen and oxygen atoms in total. The zero-order valence-electron chi connectivity index (χ0n) is 18.0. The van der Waals surface area contributed by atoms with E-state index >= 15 is 0 Å². The number of rotatable bonds is 3. The van der Waals surface area contributed by atoms with E-state index in [9.17, 15) is 19.5 Å². The molecule has 2 amide bonds. The largest absolute Gasteiger partial charge is 0.481 e. The van der Waals surface area contributed by atoms with E-state index in [4.69, 9.17) is 0 Å². The Bertz CT molecular complexity index is 1070. The van der Waals surface area contributed by atoms with Gasteiger partial charge in [0, 0.05) is 49.7 Å². The molecule has 1 N–H and O–H groups in total. The molecule has 5 rings (SSSR count). The van der Waals surface area contributed by atoms with Crippen molar-refractivity contribution in [1.82, 2.24) is 19.8 Å². The quantitative estimate of drug-likeness (QED) is 0.741. The van der Waals surface area contributed by atoms with Gasteiger partial charge in [0.05, 0.1) is 17.7 Å². The van der Waals surface area contributed by atoms with Crippen LogP contribution in [0.3, 0.4) is 0 Å². The molecule has 3 aliphatic heterocycles. The number of amides is 2. The van der Waals surface area contributed by atoms with E-state index < -0.39 is 23.7 Å². The van der Waals surface area contributed by atoms with E-state index in [1.165, 1.54) is 4.90 Å². The van der Waals surface area contributed by atoms with Crippen LogP contribution in [0.2, 0.25) is 0 Å². The van der Waals surface area contributed by atoms with Gasteiger partial charge in [-0.15, -0.1) is 0 Å². The van der Waals surface area contributed by atoms with Crippen LogP contribution < -0.4 is 0 Å². The first kappa shape index (κ1) is 20.6. The number of aliphatic carboxylic acids is 1. The number of carboxylic acids is 1. The van der Waals surface area contributed by atoms with Crippen molar-refractivity contribution in [2.24, 2.45) is 5.92 Å². The minimum absolute atomic E-state index is 0.0438. The Hall–Kier alpha value is -3.29. The standard InChI is InChI=1S/C24H26N4O4/c1-2-21-25-11-16-19(26-21)10-15-8-9-20(16)28(15)23(30)22(29)27-12-17(18(13-27)24(31)32)14-6-4-3-5-7-14/h3-7,11,15,17-18,20H,2,8-10,12-13H2,1H3,(H,31,32)/t15?,17-,18+,20?/m1/s1. The molecule has 3 aliphatic rings. The third-order valence-corrected chi connectivity index (χ3v) is 7.13. The van der Waals surface area contributed by atoms with Gasteiger partial charge in [-0.1, -0.05) is 37.3 Å². The van der Waals surface area contributed by atoms with Gasteiger partial charge in [-0.2, -0.15) is 0 Å². The van der Waals surface area contributed by atoms with Crippen molar-refractivity contribution in [3.05, 3.63) is 59.2 Å². The number of aryl methyl sites for hydroxylation is 1. The third-order valence-electron chi connectivity index (χ3n) is 7.13. The van der Waals surface area contributed by atoms with Gasteiger partial charge < -0.3 is 14.9 Å². The maximum Gasteiger partial charge on any atom is 0.312 e. The number of benzene rings is 1. The number of nitrogens with zero attached hydrogens (tertiary/aromatic N) is 4. The molecule has 2 aromatic rings. The lowest BCUT2D eigenvalue weighted by Crippen LogP contribution is -2.49. The SMILES string of the molecule is CCc1ncc2c(n1)CC1CCC2N1C(=O)C(=O)N1C[C@H](C(=O)O)[C@@H](c2ccccc2)C1. The number of carbonyl (C=O) groups is 3. The number of aromatic nitrogens is 2. The summed E-state index contributed by atoms with van der Waals surface area (Å²) in [5.41, 5.74) is 2.79. The normalized spacial score (nSPS) is 26.2. The highest BCUT2D eigenvalue weighted by Crippen LogP contribution is 2.43. The van der Waals surface area contributed by atoms with E-state index in [1.807, 2.05) is 37.3 Å².